The molecule has 0 fully saturated rings. The molecular formula is C14H19F3O. The molecule has 1 nitrogen and oxygen atoms in total. The Hall–Kier alpha value is -1.03. The van der Waals surface area contributed by atoms with E-state index in [2.05, 4.69) is 0 Å². The lowest BCUT2D eigenvalue weighted by Crippen LogP contribution is -2.10. The summed E-state index contributed by atoms with van der Waals surface area (Å²) >= 11 is 0. The van der Waals surface area contributed by atoms with Gasteiger partial charge in [0.15, 0.2) is 0 Å². The molecule has 0 N–H and O–H groups in total. The normalized spacial score (nSPS) is 11.8. The third-order valence-corrected chi connectivity index (χ3v) is 2.65. The van der Waals surface area contributed by atoms with Crippen molar-refractivity contribution in [3.8, 4) is 0 Å². The largest absolute Gasteiger partial charge is 0.416 e. The molecule has 18 heavy (non-hydrogen) atoms. The fourth-order valence-corrected chi connectivity index (χ4v) is 1.78. The second-order valence-electron chi connectivity index (χ2n) is 4.37. The summed E-state index contributed by atoms with van der Waals surface area (Å²) in [7, 11) is 0. The van der Waals surface area contributed by atoms with Crippen LogP contribution in [0, 0.1) is 6.92 Å². The van der Waals surface area contributed by atoms with E-state index in [1.54, 1.807) is 19.1 Å². The molecule has 4 heteroatoms. The lowest BCUT2D eigenvalue weighted by atomic mass is 10.0. The molecule has 0 bridgehead atoms. The van der Waals surface area contributed by atoms with Crippen molar-refractivity contribution in [2.24, 2.45) is 0 Å². The van der Waals surface area contributed by atoms with Gasteiger partial charge in [0.25, 0.3) is 0 Å². The standard InChI is InChI=1S/C14H19F3O/c1-3-8-18-9-4-5-12-7-6-11(2)10-13(12)14(15,16)17/h6-7,10H,3-5,8-9H2,1-2H3. The van der Waals surface area contributed by atoms with E-state index >= 15 is 0 Å². The number of ether oxygens (including phenoxy) is 1. The molecule has 0 unspecified atom stereocenters. The second-order valence-corrected chi connectivity index (χ2v) is 4.37. The maximum Gasteiger partial charge on any atom is 0.416 e. The van der Waals surface area contributed by atoms with Crippen molar-refractivity contribution in [3.63, 3.8) is 0 Å². The van der Waals surface area contributed by atoms with Gasteiger partial charge in [-0.1, -0.05) is 24.6 Å². The van der Waals surface area contributed by atoms with Gasteiger partial charge in [0.2, 0.25) is 0 Å². The first-order valence-electron chi connectivity index (χ1n) is 6.19. The Balaban J connectivity index is 2.65. The Labute approximate surface area is 106 Å². The molecule has 0 saturated carbocycles. The first-order valence-corrected chi connectivity index (χ1v) is 6.19. The molecule has 1 rings (SSSR count). The molecule has 0 amide bonds. The van der Waals surface area contributed by atoms with E-state index in [0.29, 0.717) is 37.2 Å². The highest BCUT2D eigenvalue weighted by atomic mass is 19.4. The van der Waals surface area contributed by atoms with Crippen LogP contribution in [0.5, 0.6) is 0 Å². The highest BCUT2D eigenvalue weighted by molar-refractivity contribution is 5.33. The summed E-state index contributed by atoms with van der Waals surface area (Å²) in [6.07, 6.45) is -2.32. The molecule has 0 aliphatic heterocycles. The average Bonchev–Trinajstić information content (AvgIpc) is 2.29. The van der Waals surface area contributed by atoms with Crippen LogP contribution in [-0.2, 0) is 17.3 Å². The average molecular weight is 260 g/mol. The molecule has 0 atom stereocenters. The first kappa shape index (κ1) is 15.0. The fourth-order valence-electron chi connectivity index (χ4n) is 1.78. The summed E-state index contributed by atoms with van der Waals surface area (Å²) in [6.45, 7) is 4.85. The first-order chi connectivity index (χ1) is 8.45. The minimum absolute atomic E-state index is 0.355. The number of hydrogen-bond acceptors (Lipinski definition) is 1. The van der Waals surface area contributed by atoms with Gasteiger partial charge in [-0.15, -0.1) is 0 Å². The van der Waals surface area contributed by atoms with Crippen LogP contribution in [0.25, 0.3) is 0 Å². The second kappa shape index (κ2) is 6.78. The zero-order valence-electron chi connectivity index (χ0n) is 10.8. The van der Waals surface area contributed by atoms with Gasteiger partial charge in [0, 0.05) is 13.2 Å². The Morgan fingerprint density at radius 3 is 2.50 bits per heavy atom. The molecule has 0 saturated heterocycles. The van der Waals surface area contributed by atoms with Crippen molar-refractivity contribution in [1.29, 1.82) is 0 Å². The number of hydrogen-bond donors (Lipinski definition) is 0. The lowest BCUT2D eigenvalue weighted by molar-refractivity contribution is -0.138. The third kappa shape index (κ3) is 4.69. The van der Waals surface area contributed by atoms with Crippen LogP contribution in [0.4, 0.5) is 13.2 Å². The number of alkyl halides is 3. The summed E-state index contributed by atoms with van der Waals surface area (Å²) < 4.78 is 43.8. The van der Waals surface area contributed by atoms with Gasteiger partial charge in [0.1, 0.15) is 0 Å². The zero-order chi connectivity index (χ0) is 13.6. The van der Waals surface area contributed by atoms with Crippen LogP contribution in [0.2, 0.25) is 0 Å². The highest BCUT2D eigenvalue weighted by Crippen LogP contribution is 2.33. The summed E-state index contributed by atoms with van der Waals surface area (Å²) in [5.74, 6) is 0. The number of aryl methyl sites for hydroxylation is 2. The minimum atomic E-state index is -4.27. The van der Waals surface area contributed by atoms with Gasteiger partial charge in [-0.25, -0.2) is 0 Å². The molecule has 1 aromatic rings. The smallest absolute Gasteiger partial charge is 0.381 e. The van der Waals surface area contributed by atoms with E-state index in [4.69, 9.17) is 4.74 Å². The molecule has 0 spiro atoms. The van der Waals surface area contributed by atoms with E-state index in [9.17, 15) is 13.2 Å². The Morgan fingerprint density at radius 2 is 1.89 bits per heavy atom. The summed E-state index contributed by atoms with van der Waals surface area (Å²) in [5, 5.41) is 0. The van der Waals surface area contributed by atoms with E-state index < -0.39 is 11.7 Å². The van der Waals surface area contributed by atoms with Crippen LogP contribution in [-0.4, -0.2) is 13.2 Å². The van der Waals surface area contributed by atoms with Crippen molar-refractivity contribution in [3.05, 3.63) is 34.9 Å². The van der Waals surface area contributed by atoms with E-state index in [0.717, 1.165) is 6.42 Å². The maximum absolute atomic E-state index is 12.8. The van der Waals surface area contributed by atoms with Crippen molar-refractivity contribution in [2.75, 3.05) is 13.2 Å². The van der Waals surface area contributed by atoms with Crippen molar-refractivity contribution >= 4 is 0 Å². The van der Waals surface area contributed by atoms with Gasteiger partial charge in [0.05, 0.1) is 5.56 Å². The number of benzene rings is 1. The molecular weight excluding hydrogens is 241 g/mol. The molecule has 0 heterocycles. The fraction of sp³-hybridized carbons (Fsp3) is 0.571. The van der Waals surface area contributed by atoms with Gasteiger partial charge >= 0.3 is 6.18 Å². The monoisotopic (exact) mass is 260 g/mol. The third-order valence-electron chi connectivity index (χ3n) is 2.65. The van der Waals surface area contributed by atoms with Crippen LogP contribution in [0.15, 0.2) is 18.2 Å². The van der Waals surface area contributed by atoms with Gasteiger partial charge in [-0.05, 0) is 37.8 Å². The number of halogens is 3. The van der Waals surface area contributed by atoms with Gasteiger partial charge in [-0.2, -0.15) is 13.2 Å². The predicted molar refractivity (Wildman–Crippen MR) is 65.6 cm³/mol. The molecule has 0 aromatic heterocycles. The molecule has 1 aromatic carbocycles. The van der Waals surface area contributed by atoms with Crippen molar-refractivity contribution in [2.45, 2.75) is 39.3 Å². The Bertz CT molecular complexity index is 372. The van der Waals surface area contributed by atoms with E-state index in [1.807, 2.05) is 6.92 Å². The highest BCUT2D eigenvalue weighted by Gasteiger charge is 2.32. The van der Waals surface area contributed by atoms with Crippen LogP contribution < -0.4 is 0 Å². The summed E-state index contributed by atoms with van der Waals surface area (Å²) in [5.41, 5.74) is 0.472. The lowest BCUT2D eigenvalue weighted by Gasteiger charge is -2.13. The molecule has 0 aliphatic rings. The Morgan fingerprint density at radius 1 is 1.17 bits per heavy atom. The van der Waals surface area contributed by atoms with Crippen LogP contribution in [0.3, 0.4) is 0 Å². The summed E-state index contributed by atoms with van der Waals surface area (Å²) in [4.78, 5) is 0. The molecule has 0 radical (unpaired) electrons. The van der Waals surface area contributed by atoms with Gasteiger partial charge in [-0.3, -0.25) is 0 Å². The van der Waals surface area contributed by atoms with Crippen molar-refractivity contribution < 1.29 is 17.9 Å². The minimum Gasteiger partial charge on any atom is -0.381 e. The zero-order valence-corrected chi connectivity index (χ0v) is 10.8. The topological polar surface area (TPSA) is 9.23 Å². The molecule has 0 aliphatic carbocycles. The van der Waals surface area contributed by atoms with E-state index in [1.165, 1.54) is 6.07 Å². The summed E-state index contributed by atoms with van der Waals surface area (Å²) in [6, 6.07) is 4.50. The predicted octanol–water partition coefficient (Wildman–Crippen LogP) is 4.37. The maximum atomic E-state index is 12.8. The van der Waals surface area contributed by atoms with E-state index in [-0.39, 0.29) is 0 Å². The van der Waals surface area contributed by atoms with Gasteiger partial charge < -0.3 is 4.74 Å². The van der Waals surface area contributed by atoms with Crippen LogP contribution in [0.1, 0.15) is 36.5 Å². The van der Waals surface area contributed by atoms with Crippen LogP contribution >= 0.6 is 0 Å². The SMILES string of the molecule is CCCOCCCc1ccc(C)cc1C(F)(F)F. The Kier molecular flexibility index (Phi) is 5.66. The molecule has 102 valence electrons. The number of rotatable bonds is 6. The van der Waals surface area contributed by atoms with Crippen molar-refractivity contribution in [1.82, 2.24) is 0 Å². The quantitative estimate of drug-likeness (QED) is 0.690.